The molecule has 5 rings (SSSR count). The zero-order chi connectivity index (χ0) is 24.4. The van der Waals surface area contributed by atoms with Crippen molar-refractivity contribution < 1.29 is 9.90 Å². The molecule has 1 aliphatic carbocycles. The summed E-state index contributed by atoms with van der Waals surface area (Å²) in [7, 11) is 0. The molecule has 1 fully saturated rings. The van der Waals surface area contributed by atoms with E-state index < -0.39 is 0 Å². The van der Waals surface area contributed by atoms with Crippen LogP contribution >= 0.6 is 11.8 Å². The van der Waals surface area contributed by atoms with E-state index in [1.807, 2.05) is 22.7 Å². The SMILES string of the molecule is CCSc1ccc(CNC(=O)N2CC3(CCCC3)c3cc(-c4ccc(CO)cc4C)ccc32)cc1. The van der Waals surface area contributed by atoms with Gasteiger partial charge >= 0.3 is 6.03 Å². The number of benzene rings is 3. The van der Waals surface area contributed by atoms with Crippen molar-refractivity contribution in [3.8, 4) is 11.1 Å². The Hall–Kier alpha value is -2.76. The quantitative estimate of drug-likeness (QED) is 0.376. The van der Waals surface area contributed by atoms with Crippen molar-refractivity contribution >= 4 is 23.5 Å². The molecule has 1 aliphatic heterocycles. The number of aliphatic hydroxyl groups is 1. The Labute approximate surface area is 212 Å². The summed E-state index contributed by atoms with van der Waals surface area (Å²) < 4.78 is 0. The highest BCUT2D eigenvalue weighted by molar-refractivity contribution is 7.99. The van der Waals surface area contributed by atoms with Gasteiger partial charge in [0.25, 0.3) is 0 Å². The molecule has 0 aromatic heterocycles. The molecule has 0 bridgehead atoms. The van der Waals surface area contributed by atoms with Gasteiger partial charge in [-0.2, -0.15) is 0 Å². The minimum Gasteiger partial charge on any atom is -0.392 e. The van der Waals surface area contributed by atoms with Crippen LogP contribution in [0, 0.1) is 6.92 Å². The molecule has 182 valence electrons. The second kappa shape index (κ2) is 10.1. The van der Waals surface area contributed by atoms with Crippen LogP contribution in [0.3, 0.4) is 0 Å². The molecular formula is C30H34N2O2S. The third kappa shape index (κ3) is 4.72. The van der Waals surface area contributed by atoms with Crippen LogP contribution in [-0.2, 0) is 18.6 Å². The van der Waals surface area contributed by atoms with Crippen molar-refractivity contribution in [1.29, 1.82) is 0 Å². The Balaban J connectivity index is 1.39. The van der Waals surface area contributed by atoms with Crippen molar-refractivity contribution in [2.75, 3.05) is 17.2 Å². The molecular weight excluding hydrogens is 452 g/mol. The van der Waals surface area contributed by atoms with E-state index >= 15 is 0 Å². The maximum absolute atomic E-state index is 13.4. The number of nitrogens with one attached hydrogen (secondary N) is 1. The fourth-order valence-electron chi connectivity index (χ4n) is 5.79. The Bertz CT molecular complexity index is 1220. The zero-order valence-corrected chi connectivity index (χ0v) is 21.5. The van der Waals surface area contributed by atoms with Crippen LogP contribution in [-0.4, -0.2) is 23.4 Å². The highest BCUT2D eigenvalue weighted by Crippen LogP contribution is 2.51. The predicted molar refractivity (Wildman–Crippen MR) is 145 cm³/mol. The lowest BCUT2D eigenvalue weighted by Gasteiger charge is -2.25. The summed E-state index contributed by atoms with van der Waals surface area (Å²) in [5.74, 6) is 1.06. The first kappa shape index (κ1) is 24.0. The van der Waals surface area contributed by atoms with Crippen LogP contribution in [0.1, 0.15) is 54.9 Å². The van der Waals surface area contributed by atoms with E-state index in [0.717, 1.165) is 47.5 Å². The monoisotopic (exact) mass is 486 g/mol. The number of aryl methyl sites for hydroxylation is 1. The molecule has 1 spiro atoms. The van der Waals surface area contributed by atoms with Gasteiger partial charge in [-0.15, -0.1) is 11.8 Å². The lowest BCUT2D eigenvalue weighted by molar-refractivity contribution is 0.245. The van der Waals surface area contributed by atoms with E-state index in [-0.39, 0.29) is 18.1 Å². The molecule has 0 unspecified atom stereocenters. The highest BCUT2D eigenvalue weighted by atomic mass is 32.2. The summed E-state index contributed by atoms with van der Waals surface area (Å²) in [5.41, 5.74) is 8.00. The second-order valence-corrected chi connectivity index (χ2v) is 11.2. The minimum atomic E-state index is -0.0155. The van der Waals surface area contributed by atoms with Crippen molar-refractivity contribution in [2.24, 2.45) is 0 Å². The fourth-order valence-corrected chi connectivity index (χ4v) is 6.45. The molecule has 3 aromatic carbocycles. The molecule has 4 nitrogen and oxygen atoms in total. The number of thioether (sulfide) groups is 1. The van der Waals surface area contributed by atoms with Gasteiger partial charge in [0.1, 0.15) is 0 Å². The Kier molecular flexibility index (Phi) is 6.90. The average Bonchev–Trinajstić information content (AvgIpc) is 3.48. The molecule has 2 N–H and O–H groups in total. The van der Waals surface area contributed by atoms with Gasteiger partial charge in [0.15, 0.2) is 0 Å². The third-order valence-corrected chi connectivity index (χ3v) is 8.48. The Morgan fingerprint density at radius 2 is 1.77 bits per heavy atom. The molecule has 5 heteroatoms. The van der Waals surface area contributed by atoms with E-state index in [9.17, 15) is 9.90 Å². The van der Waals surface area contributed by atoms with Crippen LogP contribution in [0.25, 0.3) is 11.1 Å². The Morgan fingerprint density at radius 1 is 1.03 bits per heavy atom. The van der Waals surface area contributed by atoms with Gasteiger partial charge in [0.2, 0.25) is 0 Å². The summed E-state index contributed by atoms with van der Waals surface area (Å²) in [6.07, 6.45) is 4.69. The number of anilines is 1. The molecule has 2 amide bonds. The lowest BCUT2D eigenvalue weighted by atomic mass is 9.79. The van der Waals surface area contributed by atoms with Crippen LogP contribution in [0.15, 0.2) is 65.6 Å². The summed E-state index contributed by atoms with van der Waals surface area (Å²) in [6, 6.07) is 21.2. The first-order valence-corrected chi connectivity index (χ1v) is 13.6. The highest BCUT2D eigenvalue weighted by Gasteiger charge is 2.46. The predicted octanol–water partition coefficient (Wildman–Crippen LogP) is 6.81. The maximum atomic E-state index is 13.4. The number of amides is 2. The Morgan fingerprint density at radius 3 is 2.46 bits per heavy atom. The molecule has 35 heavy (non-hydrogen) atoms. The first-order valence-electron chi connectivity index (χ1n) is 12.7. The number of hydrogen-bond donors (Lipinski definition) is 2. The van der Waals surface area contributed by atoms with Crippen molar-refractivity contribution in [3.63, 3.8) is 0 Å². The summed E-state index contributed by atoms with van der Waals surface area (Å²) >= 11 is 1.83. The second-order valence-electron chi connectivity index (χ2n) is 9.85. The van der Waals surface area contributed by atoms with Gasteiger partial charge < -0.3 is 10.4 Å². The standard InChI is InChI=1S/C30H34N2O2S/c1-3-35-25-10-6-22(7-11-25)18-31-29(34)32-20-30(14-4-5-15-30)27-17-24(9-13-28(27)32)26-12-8-23(19-33)16-21(26)2/h6-13,16-17,33H,3-5,14-15,18-20H2,1-2H3,(H,31,34). The molecule has 1 saturated carbocycles. The summed E-state index contributed by atoms with van der Waals surface area (Å²) in [4.78, 5) is 16.6. The van der Waals surface area contributed by atoms with E-state index in [1.165, 1.54) is 34.4 Å². The van der Waals surface area contributed by atoms with E-state index in [0.29, 0.717) is 6.54 Å². The van der Waals surface area contributed by atoms with Crippen molar-refractivity contribution in [3.05, 3.63) is 82.9 Å². The van der Waals surface area contributed by atoms with Crippen LogP contribution in [0.5, 0.6) is 0 Å². The number of urea groups is 1. The molecule has 2 aliphatic rings. The van der Waals surface area contributed by atoms with Gasteiger partial charge in [-0.3, -0.25) is 4.90 Å². The normalized spacial score (nSPS) is 16.0. The number of aliphatic hydroxyl groups excluding tert-OH is 1. The lowest BCUT2D eigenvalue weighted by Crippen LogP contribution is -2.41. The van der Waals surface area contributed by atoms with Gasteiger partial charge in [0, 0.05) is 29.1 Å². The smallest absolute Gasteiger partial charge is 0.322 e. The molecule has 0 atom stereocenters. The molecule has 1 heterocycles. The maximum Gasteiger partial charge on any atom is 0.322 e. The van der Waals surface area contributed by atoms with Gasteiger partial charge in [-0.1, -0.05) is 56.2 Å². The third-order valence-electron chi connectivity index (χ3n) is 7.59. The van der Waals surface area contributed by atoms with Gasteiger partial charge in [-0.25, -0.2) is 4.79 Å². The van der Waals surface area contributed by atoms with Gasteiger partial charge in [0.05, 0.1) is 6.61 Å². The number of nitrogens with zero attached hydrogens (tertiary/aromatic N) is 1. The number of carbonyl (C=O) groups excluding carboxylic acids is 1. The van der Waals surface area contributed by atoms with Crippen LogP contribution in [0.4, 0.5) is 10.5 Å². The van der Waals surface area contributed by atoms with Crippen LogP contribution < -0.4 is 10.2 Å². The first-order chi connectivity index (χ1) is 17.0. The minimum absolute atomic E-state index is 0.0155. The van der Waals surface area contributed by atoms with E-state index in [2.05, 4.69) is 73.8 Å². The molecule has 3 aromatic rings. The molecule has 0 radical (unpaired) electrons. The van der Waals surface area contributed by atoms with Gasteiger partial charge in [-0.05, 0) is 83.2 Å². The van der Waals surface area contributed by atoms with Crippen molar-refractivity contribution in [2.45, 2.75) is 63.0 Å². The fraction of sp³-hybridized carbons (Fsp3) is 0.367. The molecule has 0 saturated heterocycles. The van der Waals surface area contributed by atoms with E-state index in [4.69, 9.17) is 0 Å². The number of rotatable bonds is 6. The summed E-state index contributed by atoms with van der Waals surface area (Å²) in [6.45, 7) is 5.59. The van der Waals surface area contributed by atoms with E-state index in [1.54, 1.807) is 0 Å². The average molecular weight is 487 g/mol. The largest absolute Gasteiger partial charge is 0.392 e. The number of carbonyl (C=O) groups is 1. The topological polar surface area (TPSA) is 52.6 Å². The number of hydrogen-bond acceptors (Lipinski definition) is 3. The zero-order valence-electron chi connectivity index (χ0n) is 20.6. The number of fused-ring (bicyclic) bond motifs is 2. The van der Waals surface area contributed by atoms with Crippen LogP contribution in [0.2, 0.25) is 0 Å². The van der Waals surface area contributed by atoms with Crippen molar-refractivity contribution in [1.82, 2.24) is 5.32 Å². The summed E-state index contributed by atoms with van der Waals surface area (Å²) in [5, 5.41) is 12.6.